The fourth-order valence-corrected chi connectivity index (χ4v) is 7.05. The number of imidazole rings is 1. The predicted octanol–water partition coefficient (Wildman–Crippen LogP) is 6.79. The zero-order chi connectivity index (χ0) is 34.2. The standard InChI is InChI=1S/C38H34FN5O5/c1-22-17-31-34(45)30(15-11-23-9-13-26(14-10-23)41-36(46)32-21-43-20-25(39)12-16-33(43)42-32)37(47)44(35(31)40-19-22)27-6-4-5-24(18-27)28-7-2-3-8-29(28)38(48)49/h2-8,12,16-21,23,26,30H,9-11,13-15H2,1H3,(H,41,46)(H,48,49). The van der Waals surface area contributed by atoms with Crippen molar-refractivity contribution in [2.45, 2.75) is 51.5 Å². The van der Waals surface area contributed by atoms with E-state index in [2.05, 4.69) is 15.3 Å². The quantitative estimate of drug-likeness (QED) is 0.175. The molecule has 49 heavy (non-hydrogen) atoms. The second-order valence-corrected chi connectivity index (χ2v) is 12.9. The SMILES string of the molecule is Cc1cnc2c(c1)C(=O)C(CCC1CCC(NC(=O)c3cn4cc(F)ccc4n3)CC1)C(=O)N2c1cccc(-c2ccccc2C(=O)O)c1. The van der Waals surface area contributed by atoms with Crippen LogP contribution in [0.1, 0.15) is 75.3 Å². The van der Waals surface area contributed by atoms with E-state index in [9.17, 15) is 28.7 Å². The Labute approximate surface area is 281 Å². The molecule has 0 bridgehead atoms. The van der Waals surface area contributed by atoms with E-state index in [1.807, 2.05) is 6.92 Å². The number of pyridine rings is 2. The Morgan fingerprint density at radius 2 is 1.73 bits per heavy atom. The van der Waals surface area contributed by atoms with Gasteiger partial charge in [-0.2, -0.15) is 0 Å². The molecule has 2 N–H and O–H groups in total. The summed E-state index contributed by atoms with van der Waals surface area (Å²) in [6.07, 6.45) is 8.66. The first-order valence-electron chi connectivity index (χ1n) is 16.4. The van der Waals surface area contributed by atoms with Crippen LogP contribution in [0.3, 0.4) is 0 Å². The Balaban J connectivity index is 1.05. The number of nitrogens with zero attached hydrogens (tertiary/aromatic N) is 4. The normalized spacial score (nSPS) is 19.1. The minimum Gasteiger partial charge on any atom is -0.478 e. The summed E-state index contributed by atoms with van der Waals surface area (Å²) in [5, 5.41) is 12.8. The van der Waals surface area contributed by atoms with Crippen LogP contribution < -0.4 is 10.2 Å². The highest BCUT2D eigenvalue weighted by molar-refractivity contribution is 6.23. The number of aryl methyl sites for hydroxylation is 1. The summed E-state index contributed by atoms with van der Waals surface area (Å²) >= 11 is 0. The van der Waals surface area contributed by atoms with Crippen molar-refractivity contribution in [1.82, 2.24) is 19.7 Å². The number of anilines is 2. The number of halogens is 1. The molecule has 2 aromatic carbocycles. The highest BCUT2D eigenvalue weighted by Gasteiger charge is 2.41. The fourth-order valence-electron chi connectivity index (χ4n) is 7.05. The number of ketones is 1. The Morgan fingerprint density at radius 3 is 2.53 bits per heavy atom. The summed E-state index contributed by atoms with van der Waals surface area (Å²) < 4.78 is 15.0. The summed E-state index contributed by atoms with van der Waals surface area (Å²) in [5.41, 5.74) is 3.72. The van der Waals surface area contributed by atoms with Crippen molar-refractivity contribution in [3.05, 3.63) is 114 Å². The van der Waals surface area contributed by atoms with Gasteiger partial charge in [0.1, 0.15) is 23.1 Å². The first-order valence-corrected chi connectivity index (χ1v) is 16.4. The molecular weight excluding hydrogens is 625 g/mol. The predicted molar refractivity (Wildman–Crippen MR) is 180 cm³/mol. The van der Waals surface area contributed by atoms with Crippen LogP contribution in [0.2, 0.25) is 0 Å². The van der Waals surface area contributed by atoms with Crippen molar-refractivity contribution in [2.75, 3.05) is 4.90 Å². The number of benzene rings is 2. The van der Waals surface area contributed by atoms with Gasteiger partial charge in [-0.25, -0.2) is 19.2 Å². The molecule has 7 rings (SSSR count). The zero-order valence-electron chi connectivity index (χ0n) is 26.8. The number of hydrogen-bond acceptors (Lipinski definition) is 6. The third-order valence-electron chi connectivity index (χ3n) is 9.58. The molecule has 1 unspecified atom stereocenters. The van der Waals surface area contributed by atoms with Crippen molar-refractivity contribution in [2.24, 2.45) is 11.8 Å². The van der Waals surface area contributed by atoms with E-state index in [0.717, 1.165) is 31.2 Å². The number of hydrogen-bond donors (Lipinski definition) is 2. The number of Topliss-reactive ketones (excluding diaryl/α,β-unsaturated/α-hetero) is 1. The number of carboxylic acids is 1. The lowest BCUT2D eigenvalue weighted by atomic mass is 9.79. The molecule has 2 aliphatic rings. The van der Waals surface area contributed by atoms with Crippen LogP contribution in [0, 0.1) is 24.6 Å². The monoisotopic (exact) mass is 659 g/mol. The number of aromatic nitrogens is 3. The van der Waals surface area contributed by atoms with Gasteiger partial charge in [0.15, 0.2) is 11.6 Å². The smallest absolute Gasteiger partial charge is 0.336 e. The summed E-state index contributed by atoms with van der Waals surface area (Å²) in [6.45, 7) is 1.85. The lowest BCUT2D eigenvalue weighted by Crippen LogP contribution is -2.43. The van der Waals surface area contributed by atoms with E-state index >= 15 is 0 Å². The lowest BCUT2D eigenvalue weighted by Gasteiger charge is -2.34. The molecule has 10 nitrogen and oxygen atoms in total. The number of aromatic carboxylic acids is 1. The maximum absolute atomic E-state index is 14.2. The van der Waals surface area contributed by atoms with E-state index < -0.39 is 17.7 Å². The molecule has 0 radical (unpaired) electrons. The van der Waals surface area contributed by atoms with E-state index in [1.165, 1.54) is 39.9 Å². The number of carbonyl (C=O) groups excluding carboxylic acids is 3. The van der Waals surface area contributed by atoms with Gasteiger partial charge in [0.25, 0.3) is 5.91 Å². The second-order valence-electron chi connectivity index (χ2n) is 12.9. The third kappa shape index (κ3) is 6.31. The van der Waals surface area contributed by atoms with Crippen LogP contribution in [0.15, 0.2) is 85.3 Å². The fraction of sp³-hybridized carbons (Fsp3) is 0.263. The molecule has 0 spiro atoms. The minimum absolute atomic E-state index is 0.0294. The molecule has 1 saturated carbocycles. The van der Waals surface area contributed by atoms with E-state index in [-0.39, 0.29) is 46.6 Å². The van der Waals surface area contributed by atoms with Gasteiger partial charge in [0.2, 0.25) is 5.91 Å². The number of rotatable bonds is 8. The van der Waals surface area contributed by atoms with Gasteiger partial charge in [-0.3, -0.25) is 19.3 Å². The van der Waals surface area contributed by atoms with Crippen molar-refractivity contribution in [3.8, 4) is 11.1 Å². The van der Waals surface area contributed by atoms with Gasteiger partial charge in [-0.15, -0.1) is 0 Å². The Hall–Kier alpha value is -5.71. The molecule has 3 aromatic heterocycles. The average molecular weight is 660 g/mol. The summed E-state index contributed by atoms with van der Waals surface area (Å²) in [7, 11) is 0. The number of nitrogens with one attached hydrogen (secondary N) is 1. The number of amides is 2. The first-order chi connectivity index (χ1) is 23.7. The molecule has 248 valence electrons. The van der Waals surface area contributed by atoms with Crippen LogP contribution in [0.4, 0.5) is 15.9 Å². The van der Waals surface area contributed by atoms with Gasteiger partial charge in [-0.05, 0) is 104 Å². The average Bonchev–Trinajstić information content (AvgIpc) is 3.53. The van der Waals surface area contributed by atoms with Gasteiger partial charge >= 0.3 is 5.97 Å². The lowest BCUT2D eigenvalue weighted by molar-refractivity contribution is -0.120. The van der Waals surface area contributed by atoms with E-state index in [1.54, 1.807) is 54.7 Å². The molecule has 1 aliphatic heterocycles. The molecule has 1 fully saturated rings. The Bertz CT molecular complexity index is 2120. The van der Waals surface area contributed by atoms with Crippen LogP contribution >= 0.6 is 0 Å². The van der Waals surface area contributed by atoms with Crippen LogP contribution in [0.5, 0.6) is 0 Å². The van der Waals surface area contributed by atoms with Crippen molar-refractivity contribution in [1.29, 1.82) is 0 Å². The maximum Gasteiger partial charge on any atom is 0.336 e. The molecule has 1 aliphatic carbocycles. The van der Waals surface area contributed by atoms with Crippen molar-refractivity contribution in [3.63, 3.8) is 0 Å². The largest absolute Gasteiger partial charge is 0.478 e. The Kier molecular flexibility index (Phi) is 8.50. The highest BCUT2D eigenvalue weighted by Crippen LogP contribution is 2.40. The highest BCUT2D eigenvalue weighted by atomic mass is 19.1. The molecule has 11 heteroatoms. The minimum atomic E-state index is -1.05. The molecule has 0 saturated heterocycles. The van der Waals surface area contributed by atoms with E-state index in [4.69, 9.17) is 0 Å². The van der Waals surface area contributed by atoms with Crippen LogP contribution in [0.25, 0.3) is 16.8 Å². The number of fused-ring (bicyclic) bond motifs is 2. The number of carboxylic acid groups (broad SMARTS) is 1. The Morgan fingerprint density at radius 1 is 0.939 bits per heavy atom. The van der Waals surface area contributed by atoms with Gasteiger partial charge in [-0.1, -0.05) is 30.3 Å². The molecule has 2 amide bonds. The van der Waals surface area contributed by atoms with Gasteiger partial charge in [0, 0.05) is 24.6 Å². The topological polar surface area (TPSA) is 134 Å². The second kappa shape index (κ2) is 13.1. The number of carbonyl (C=O) groups is 4. The molecule has 5 aromatic rings. The van der Waals surface area contributed by atoms with Gasteiger partial charge < -0.3 is 14.8 Å². The summed E-state index contributed by atoms with van der Waals surface area (Å²) in [4.78, 5) is 63.1. The first kappa shape index (κ1) is 31.9. The summed E-state index contributed by atoms with van der Waals surface area (Å²) in [6, 6.07) is 18.3. The maximum atomic E-state index is 14.2. The zero-order valence-corrected chi connectivity index (χ0v) is 26.8. The van der Waals surface area contributed by atoms with E-state index in [0.29, 0.717) is 40.9 Å². The van der Waals surface area contributed by atoms with Crippen molar-refractivity contribution >= 4 is 40.7 Å². The van der Waals surface area contributed by atoms with Crippen molar-refractivity contribution < 1.29 is 28.7 Å². The molecule has 1 atom stereocenters. The van der Waals surface area contributed by atoms with Crippen LogP contribution in [-0.2, 0) is 4.79 Å². The third-order valence-corrected chi connectivity index (χ3v) is 9.58. The van der Waals surface area contributed by atoms with Gasteiger partial charge in [0.05, 0.1) is 16.8 Å². The summed E-state index contributed by atoms with van der Waals surface area (Å²) in [5.74, 6) is -2.69. The molecular formula is C38H34FN5O5. The van der Waals surface area contributed by atoms with Crippen LogP contribution in [-0.4, -0.2) is 49.1 Å². The molecule has 4 heterocycles.